The maximum atomic E-state index is 12.3. The molecule has 0 unspecified atom stereocenters. The Balaban J connectivity index is 1.47. The number of hydrogen-bond acceptors (Lipinski definition) is 6. The predicted octanol–water partition coefficient (Wildman–Crippen LogP) is 3.70. The third kappa shape index (κ3) is 4.56. The largest absolute Gasteiger partial charge is 0.469 e. The number of aryl methyl sites for hydroxylation is 1. The van der Waals surface area contributed by atoms with E-state index in [1.807, 2.05) is 47.9 Å². The van der Waals surface area contributed by atoms with E-state index >= 15 is 0 Å². The van der Waals surface area contributed by atoms with Crippen LogP contribution in [0.15, 0.2) is 52.2 Å². The number of benzene rings is 1. The van der Waals surface area contributed by atoms with Crippen LogP contribution in [-0.2, 0) is 4.79 Å². The molecule has 2 N–H and O–H groups in total. The van der Waals surface area contributed by atoms with E-state index < -0.39 is 6.03 Å². The minimum atomic E-state index is -0.438. The first-order valence-corrected chi connectivity index (χ1v) is 10.9. The number of carbonyl (C=O) groups excluding carboxylic acids is 2. The van der Waals surface area contributed by atoms with Crippen LogP contribution in [-0.4, -0.2) is 38.5 Å². The van der Waals surface area contributed by atoms with Crippen molar-refractivity contribution < 1.29 is 14.0 Å². The maximum Gasteiger partial charge on any atom is 0.321 e. The summed E-state index contributed by atoms with van der Waals surface area (Å²) < 4.78 is 7.30. The van der Waals surface area contributed by atoms with Gasteiger partial charge in [0.1, 0.15) is 5.76 Å². The first kappa shape index (κ1) is 20.2. The summed E-state index contributed by atoms with van der Waals surface area (Å²) in [5.41, 5.74) is 1.71. The number of thioether (sulfide) groups is 1. The number of nitrogens with one attached hydrogen (secondary N) is 2. The Hall–Kier alpha value is -3.07. The van der Waals surface area contributed by atoms with Gasteiger partial charge in [-0.05, 0) is 38.0 Å². The lowest BCUT2D eigenvalue weighted by Crippen LogP contribution is -2.44. The number of nitrogens with zero attached hydrogens (tertiary/aromatic N) is 3. The molecule has 1 saturated carbocycles. The zero-order chi connectivity index (χ0) is 20.9. The van der Waals surface area contributed by atoms with Crippen molar-refractivity contribution in [2.75, 3.05) is 5.75 Å². The van der Waals surface area contributed by atoms with Gasteiger partial charge in [0.2, 0.25) is 5.91 Å². The fourth-order valence-corrected chi connectivity index (χ4v) is 4.30. The van der Waals surface area contributed by atoms with Crippen LogP contribution in [0.5, 0.6) is 0 Å². The summed E-state index contributed by atoms with van der Waals surface area (Å²) in [6.45, 7) is 1.86. The van der Waals surface area contributed by atoms with Crippen LogP contribution in [0.25, 0.3) is 17.1 Å². The summed E-state index contributed by atoms with van der Waals surface area (Å²) in [6, 6.07) is 11.2. The van der Waals surface area contributed by atoms with Gasteiger partial charge in [0.15, 0.2) is 11.0 Å². The van der Waals surface area contributed by atoms with E-state index in [4.69, 9.17) is 4.42 Å². The number of rotatable bonds is 6. The fourth-order valence-electron chi connectivity index (χ4n) is 3.55. The van der Waals surface area contributed by atoms with Crippen molar-refractivity contribution in [2.24, 2.45) is 0 Å². The third-order valence-electron chi connectivity index (χ3n) is 5.02. The molecule has 3 amide bonds. The summed E-state index contributed by atoms with van der Waals surface area (Å²) >= 11 is 1.23. The van der Waals surface area contributed by atoms with Gasteiger partial charge in [-0.3, -0.25) is 14.7 Å². The van der Waals surface area contributed by atoms with Crippen LogP contribution in [0.1, 0.15) is 31.4 Å². The van der Waals surface area contributed by atoms with E-state index in [0.29, 0.717) is 11.0 Å². The van der Waals surface area contributed by atoms with Gasteiger partial charge in [-0.25, -0.2) is 4.79 Å². The molecule has 3 aromatic rings. The van der Waals surface area contributed by atoms with Crippen LogP contribution in [0, 0.1) is 6.92 Å². The quantitative estimate of drug-likeness (QED) is 0.584. The molecule has 0 radical (unpaired) electrons. The molecule has 4 rings (SSSR count). The van der Waals surface area contributed by atoms with Crippen molar-refractivity contribution in [3.63, 3.8) is 0 Å². The van der Waals surface area contributed by atoms with Gasteiger partial charge >= 0.3 is 6.03 Å². The van der Waals surface area contributed by atoms with Crippen molar-refractivity contribution in [1.82, 2.24) is 25.4 Å². The minimum absolute atomic E-state index is 0.0490. The molecule has 0 saturated heterocycles. The van der Waals surface area contributed by atoms with Crippen LogP contribution < -0.4 is 10.6 Å². The zero-order valence-electron chi connectivity index (χ0n) is 16.6. The number of furan rings is 1. The van der Waals surface area contributed by atoms with Crippen LogP contribution in [0.3, 0.4) is 0 Å². The molecular weight excluding hydrogens is 402 g/mol. The molecule has 0 atom stereocenters. The van der Waals surface area contributed by atoms with E-state index in [2.05, 4.69) is 20.8 Å². The average molecular weight is 426 g/mol. The summed E-state index contributed by atoms with van der Waals surface area (Å²) in [7, 11) is 0. The second-order valence-corrected chi connectivity index (χ2v) is 8.10. The molecule has 0 spiro atoms. The lowest BCUT2D eigenvalue weighted by Gasteiger charge is -2.12. The Bertz CT molecular complexity index is 1020. The van der Waals surface area contributed by atoms with Crippen molar-refractivity contribution >= 4 is 23.7 Å². The summed E-state index contributed by atoms with van der Waals surface area (Å²) in [4.78, 5) is 24.3. The normalized spacial score (nSPS) is 14.0. The average Bonchev–Trinajstić information content (AvgIpc) is 3.48. The third-order valence-corrected chi connectivity index (χ3v) is 5.95. The molecule has 1 fully saturated rings. The number of para-hydroxylation sites is 1. The molecule has 9 heteroatoms. The van der Waals surface area contributed by atoms with Crippen LogP contribution in [0.2, 0.25) is 0 Å². The molecule has 30 heavy (non-hydrogen) atoms. The van der Waals surface area contributed by atoms with Gasteiger partial charge in [0, 0.05) is 11.7 Å². The molecule has 2 heterocycles. The Labute approximate surface area is 178 Å². The highest BCUT2D eigenvalue weighted by molar-refractivity contribution is 7.99. The second-order valence-electron chi connectivity index (χ2n) is 7.16. The monoisotopic (exact) mass is 425 g/mol. The van der Waals surface area contributed by atoms with Crippen molar-refractivity contribution in [3.05, 3.63) is 48.4 Å². The maximum absolute atomic E-state index is 12.3. The Morgan fingerprint density at radius 2 is 1.93 bits per heavy atom. The summed E-state index contributed by atoms with van der Waals surface area (Å²) in [5, 5.41) is 14.4. The molecule has 1 aromatic carbocycles. The minimum Gasteiger partial charge on any atom is -0.469 e. The molecule has 156 valence electrons. The molecule has 0 bridgehead atoms. The Morgan fingerprint density at radius 3 is 2.63 bits per heavy atom. The van der Waals surface area contributed by atoms with Gasteiger partial charge < -0.3 is 9.73 Å². The molecule has 8 nitrogen and oxygen atoms in total. The second kappa shape index (κ2) is 9.17. The lowest BCUT2D eigenvalue weighted by atomic mass is 10.2. The highest BCUT2D eigenvalue weighted by atomic mass is 32.2. The van der Waals surface area contributed by atoms with Gasteiger partial charge in [-0.2, -0.15) is 0 Å². The summed E-state index contributed by atoms with van der Waals surface area (Å²) in [6.07, 6.45) is 5.77. The molecular formula is C21H23N5O3S. The van der Waals surface area contributed by atoms with Crippen molar-refractivity contribution in [2.45, 2.75) is 43.8 Å². The first-order chi connectivity index (χ1) is 14.6. The highest BCUT2D eigenvalue weighted by Gasteiger charge is 2.21. The SMILES string of the molecule is Cc1occc1-c1nnc(SCC(=O)NC(=O)NC2CCCC2)n1-c1ccccc1. The number of aromatic nitrogens is 3. The van der Waals surface area contributed by atoms with Crippen LogP contribution >= 0.6 is 11.8 Å². The number of carbonyl (C=O) groups is 2. The number of urea groups is 1. The van der Waals surface area contributed by atoms with Gasteiger partial charge in [-0.1, -0.05) is 42.8 Å². The van der Waals surface area contributed by atoms with E-state index in [0.717, 1.165) is 42.7 Å². The Kier molecular flexibility index (Phi) is 6.18. The van der Waals surface area contributed by atoms with E-state index in [9.17, 15) is 9.59 Å². The molecule has 0 aliphatic heterocycles. The van der Waals surface area contributed by atoms with Crippen molar-refractivity contribution in [1.29, 1.82) is 0 Å². The zero-order valence-corrected chi connectivity index (χ0v) is 17.4. The Morgan fingerprint density at radius 1 is 1.17 bits per heavy atom. The smallest absolute Gasteiger partial charge is 0.321 e. The van der Waals surface area contributed by atoms with Gasteiger partial charge in [-0.15, -0.1) is 10.2 Å². The number of imide groups is 1. The van der Waals surface area contributed by atoms with Crippen molar-refractivity contribution in [3.8, 4) is 17.1 Å². The number of amides is 3. The van der Waals surface area contributed by atoms with Gasteiger partial charge in [0.25, 0.3) is 0 Å². The topological polar surface area (TPSA) is 102 Å². The van der Waals surface area contributed by atoms with Gasteiger partial charge in [0.05, 0.1) is 17.6 Å². The number of hydrogen-bond donors (Lipinski definition) is 2. The van der Waals surface area contributed by atoms with Crippen LogP contribution in [0.4, 0.5) is 4.79 Å². The highest BCUT2D eigenvalue weighted by Crippen LogP contribution is 2.30. The molecule has 2 aromatic heterocycles. The van der Waals surface area contributed by atoms with E-state index in [1.165, 1.54) is 11.8 Å². The lowest BCUT2D eigenvalue weighted by molar-refractivity contribution is -0.117. The summed E-state index contributed by atoms with van der Waals surface area (Å²) in [5.74, 6) is 1.04. The molecule has 1 aliphatic rings. The van der Waals surface area contributed by atoms with E-state index in [-0.39, 0.29) is 17.7 Å². The predicted molar refractivity (Wildman–Crippen MR) is 113 cm³/mol. The standard InChI is InChI=1S/C21H23N5O3S/c1-14-17(11-12-29-14)19-24-25-21(26(19)16-9-3-2-4-10-16)30-13-18(27)23-20(28)22-15-7-5-6-8-15/h2-4,9-12,15H,5-8,13H2,1H3,(H2,22,23,27,28). The first-order valence-electron chi connectivity index (χ1n) is 9.90. The van der Waals surface area contributed by atoms with E-state index in [1.54, 1.807) is 6.26 Å². The molecule has 1 aliphatic carbocycles. The fraction of sp³-hybridized carbons (Fsp3) is 0.333.